The summed E-state index contributed by atoms with van der Waals surface area (Å²) in [6, 6.07) is 3.62. The van der Waals surface area contributed by atoms with Crippen molar-refractivity contribution in [2.24, 2.45) is 0 Å². The number of aromatic nitrogens is 1. The first-order valence-corrected chi connectivity index (χ1v) is 5.25. The molecule has 0 atom stereocenters. The van der Waals surface area contributed by atoms with Gasteiger partial charge in [0.15, 0.2) is 0 Å². The van der Waals surface area contributed by atoms with E-state index in [2.05, 4.69) is 16.9 Å². The Morgan fingerprint density at radius 3 is 3.12 bits per heavy atom. The summed E-state index contributed by atoms with van der Waals surface area (Å²) in [7, 11) is 0. The number of pyridine rings is 1. The van der Waals surface area contributed by atoms with Gasteiger partial charge in [-0.25, -0.2) is 4.98 Å². The molecule has 0 spiro atoms. The molecule has 1 heterocycles. The van der Waals surface area contributed by atoms with Gasteiger partial charge >= 0.3 is 0 Å². The molecule has 3 N–H and O–H groups in total. The highest BCUT2D eigenvalue weighted by molar-refractivity contribution is 5.57. The molecule has 0 aliphatic heterocycles. The Morgan fingerprint density at radius 2 is 2.47 bits per heavy atom. The summed E-state index contributed by atoms with van der Waals surface area (Å²) in [6.07, 6.45) is 1.51. The van der Waals surface area contributed by atoms with Crippen LogP contribution < -0.4 is 11.1 Å². The maximum absolute atomic E-state index is 8.89. The van der Waals surface area contributed by atoms with E-state index in [9.17, 15) is 0 Å². The molecule has 0 aliphatic rings. The number of hydrogen-bond acceptors (Lipinski definition) is 5. The van der Waals surface area contributed by atoms with Gasteiger partial charge in [-0.05, 0) is 13.0 Å². The number of nitriles is 1. The van der Waals surface area contributed by atoms with Gasteiger partial charge in [0.2, 0.25) is 0 Å². The lowest BCUT2D eigenvalue weighted by molar-refractivity contribution is 0.167. The molecule has 0 aromatic carbocycles. The summed E-state index contributed by atoms with van der Waals surface area (Å²) in [4.78, 5) is 4.05. The molecule has 5 nitrogen and oxygen atoms in total. The minimum absolute atomic E-state index is 0.435. The Hall–Kier alpha value is -2.06. The third kappa shape index (κ3) is 4.53. The van der Waals surface area contributed by atoms with Gasteiger partial charge in [-0.3, -0.25) is 0 Å². The van der Waals surface area contributed by atoms with Crippen molar-refractivity contribution in [1.82, 2.24) is 4.98 Å². The molecule has 0 unspecified atom stereocenters. The zero-order valence-corrected chi connectivity index (χ0v) is 9.86. The fourth-order valence-electron chi connectivity index (χ4n) is 1.20. The van der Waals surface area contributed by atoms with Gasteiger partial charge in [-0.2, -0.15) is 5.26 Å². The van der Waals surface area contributed by atoms with Gasteiger partial charge in [0.05, 0.1) is 30.7 Å². The predicted molar refractivity (Wildman–Crippen MR) is 67.5 cm³/mol. The van der Waals surface area contributed by atoms with E-state index in [1.807, 2.05) is 13.0 Å². The van der Waals surface area contributed by atoms with E-state index >= 15 is 0 Å². The van der Waals surface area contributed by atoms with Crippen LogP contribution in [0.1, 0.15) is 12.5 Å². The molecule has 1 aromatic rings. The highest BCUT2D eigenvalue weighted by Gasteiger charge is 2.02. The number of nitrogen functional groups attached to an aromatic ring is 1. The number of hydrogen-bond donors (Lipinski definition) is 2. The Morgan fingerprint density at radius 1 is 1.71 bits per heavy atom. The molecule has 0 amide bonds. The molecule has 90 valence electrons. The van der Waals surface area contributed by atoms with Gasteiger partial charge in [0, 0.05) is 6.54 Å². The van der Waals surface area contributed by atoms with Crippen LogP contribution in [0.3, 0.4) is 0 Å². The summed E-state index contributed by atoms with van der Waals surface area (Å²) >= 11 is 0. The van der Waals surface area contributed by atoms with Crippen LogP contribution in [0.5, 0.6) is 0 Å². The minimum Gasteiger partial charge on any atom is -0.397 e. The molecule has 0 bridgehead atoms. The number of nitrogens with zero attached hydrogens (tertiary/aromatic N) is 2. The van der Waals surface area contributed by atoms with Crippen molar-refractivity contribution < 1.29 is 4.74 Å². The smallest absolute Gasteiger partial charge is 0.144 e. The van der Waals surface area contributed by atoms with E-state index in [4.69, 9.17) is 15.7 Å². The highest BCUT2D eigenvalue weighted by atomic mass is 16.5. The van der Waals surface area contributed by atoms with Gasteiger partial charge in [-0.1, -0.05) is 12.2 Å². The van der Waals surface area contributed by atoms with Gasteiger partial charge in [0.25, 0.3) is 0 Å². The lowest BCUT2D eigenvalue weighted by atomic mass is 10.2. The Kier molecular flexibility index (Phi) is 4.98. The predicted octanol–water partition coefficient (Wildman–Crippen LogP) is 1.54. The lowest BCUT2D eigenvalue weighted by Crippen LogP contribution is -2.12. The molecule has 0 fully saturated rings. The number of anilines is 2. The summed E-state index contributed by atoms with van der Waals surface area (Å²) in [5.41, 5.74) is 7.43. The van der Waals surface area contributed by atoms with Crippen LogP contribution in [0.25, 0.3) is 0 Å². The first kappa shape index (κ1) is 13.0. The second-order valence-electron chi connectivity index (χ2n) is 3.71. The number of nitrogens with two attached hydrogens (primary N) is 1. The lowest BCUT2D eigenvalue weighted by Gasteiger charge is -2.08. The molecule has 1 rings (SSSR count). The molecule has 17 heavy (non-hydrogen) atoms. The van der Waals surface area contributed by atoms with Gasteiger partial charge in [-0.15, -0.1) is 0 Å². The van der Waals surface area contributed by atoms with Crippen LogP contribution in [-0.2, 0) is 4.74 Å². The van der Waals surface area contributed by atoms with Gasteiger partial charge < -0.3 is 15.8 Å². The van der Waals surface area contributed by atoms with Crippen molar-refractivity contribution in [3.05, 3.63) is 30.0 Å². The Bertz CT molecular complexity index is 437. The topological polar surface area (TPSA) is 84.0 Å². The number of nitrogens with one attached hydrogen (secondary N) is 1. The average molecular weight is 232 g/mol. The second kappa shape index (κ2) is 6.51. The molecular weight excluding hydrogens is 216 g/mol. The third-order valence-electron chi connectivity index (χ3n) is 1.92. The standard InChI is InChI=1S/C12H16N4O/c1-9(2)8-17-4-3-15-12-10(6-13)5-11(14)7-16-12/h5,7H,1,3-4,8,14H2,2H3,(H,15,16). The Labute approximate surface area is 101 Å². The SMILES string of the molecule is C=C(C)COCCNc1ncc(N)cc1C#N. The summed E-state index contributed by atoms with van der Waals surface area (Å²) in [6.45, 7) is 7.30. The zero-order chi connectivity index (χ0) is 12.7. The van der Waals surface area contributed by atoms with Crippen LogP contribution in [0, 0.1) is 11.3 Å². The largest absolute Gasteiger partial charge is 0.397 e. The number of ether oxygens (including phenoxy) is 1. The van der Waals surface area contributed by atoms with E-state index < -0.39 is 0 Å². The van der Waals surface area contributed by atoms with Crippen LogP contribution in [-0.4, -0.2) is 24.7 Å². The van der Waals surface area contributed by atoms with Gasteiger partial charge in [0.1, 0.15) is 11.9 Å². The fourth-order valence-corrected chi connectivity index (χ4v) is 1.20. The Balaban J connectivity index is 2.42. The third-order valence-corrected chi connectivity index (χ3v) is 1.92. The first-order chi connectivity index (χ1) is 8.13. The molecule has 0 aliphatic carbocycles. The molecule has 5 heteroatoms. The van der Waals surface area contributed by atoms with Crippen LogP contribution in [0.2, 0.25) is 0 Å². The van der Waals surface area contributed by atoms with Crippen LogP contribution in [0.4, 0.5) is 11.5 Å². The fraction of sp³-hybridized carbons (Fsp3) is 0.333. The monoisotopic (exact) mass is 232 g/mol. The van der Waals surface area contributed by atoms with Crippen LogP contribution in [0.15, 0.2) is 24.4 Å². The van der Waals surface area contributed by atoms with Crippen molar-refractivity contribution in [2.75, 3.05) is 30.8 Å². The molecule has 0 radical (unpaired) electrons. The van der Waals surface area contributed by atoms with E-state index in [1.54, 1.807) is 6.07 Å². The highest BCUT2D eigenvalue weighted by Crippen LogP contribution is 2.13. The van der Waals surface area contributed by atoms with E-state index in [-0.39, 0.29) is 0 Å². The average Bonchev–Trinajstić information content (AvgIpc) is 2.29. The summed E-state index contributed by atoms with van der Waals surface area (Å²) in [5, 5.41) is 11.9. The normalized spacial score (nSPS) is 9.65. The minimum atomic E-state index is 0.435. The molecule has 0 saturated carbocycles. The van der Waals surface area contributed by atoms with Crippen molar-refractivity contribution in [2.45, 2.75) is 6.92 Å². The number of rotatable bonds is 6. The van der Waals surface area contributed by atoms with Crippen molar-refractivity contribution in [1.29, 1.82) is 5.26 Å². The van der Waals surface area contributed by atoms with Crippen molar-refractivity contribution >= 4 is 11.5 Å². The van der Waals surface area contributed by atoms with Crippen LogP contribution >= 0.6 is 0 Å². The summed E-state index contributed by atoms with van der Waals surface area (Å²) < 4.78 is 5.32. The van der Waals surface area contributed by atoms with E-state index in [1.165, 1.54) is 6.20 Å². The molecule has 1 aromatic heterocycles. The van der Waals surface area contributed by atoms with Crippen molar-refractivity contribution in [3.63, 3.8) is 0 Å². The maximum Gasteiger partial charge on any atom is 0.144 e. The molecular formula is C12H16N4O. The first-order valence-electron chi connectivity index (χ1n) is 5.25. The second-order valence-corrected chi connectivity index (χ2v) is 3.71. The molecule has 0 saturated heterocycles. The quantitative estimate of drug-likeness (QED) is 0.574. The summed E-state index contributed by atoms with van der Waals surface area (Å²) in [5.74, 6) is 0.528. The zero-order valence-electron chi connectivity index (χ0n) is 9.86. The van der Waals surface area contributed by atoms with E-state index in [0.29, 0.717) is 36.8 Å². The van der Waals surface area contributed by atoms with Crippen molar-refractivity contribution in [3.8, 4) is 6.07 Å². The maximum atomic E-state index is 8.89. The van der Waals surface area contributed by atoms with E-state index in [0.717, 1.165) is 5.57 Å².